The Hall–Kier alpha value is -1.79. The predicted octanol–water partition coefficient (Wildman–Crippen LogP) is 3.23. The van der Waals surface area contributed by atoms with Crippen LogP contribution < -0.4 is 0 Å². The van der Waals surface area contributed by atoms with Crippen LogP contribution in [-0.2, 0) is 17.9 Å². The van der Waals surface area contributed by atoms with Gasteiger partial charge in [0.2, 0.25) is 5.91 Å². The fourth-order valence-corrected chi connectivity index (χ4v) is 4.12. The number of hydrogen-bond acceptors (Lipinski definition) is 4. The summed E-state index contributed by atoms with van der Waals surface area (Å²) in [5.74, 6) is 0.586. The first-order chi connectivity index (χ1) is 12.7. The number of benzene rings is 1. The first kappa shape index (κ1) is 19.0. The number of carbonyl (C=O) groups excluding carboxylic acids is 1. The lowest BCUT2D eigenvalue weighted by atomic mass is 10.1. The first-order valence-corrected chi connectivity index (χ1v) is 10.3. The maximum absolute atomic E-state index is 12.5. The summed E-state index contributed by atoms with van der Waals surface area (Å²) < 4.78 is 2.00. The van der Waals surface area contributed by atoms with E-state index in [9.17, 15) is 9.90 Å². The summed E-state index contributed by atoms with van der Waals surface area (Å²) >= 11 is 1.46. The third kappa shape index (κ3) is 4.89. The molecule has 2 heterocycles. The largest absolute Gasteiger partial charge is 0.390 e. The van der Waals surface area contributed by atoms with Gasteiger partial charge >= 0.3 is 0 Å². The number of thioether (sulfide) groups is 1. The van der Waals surface area contributed by atoms with Gasteiger partial charge in [0.15, 0.2) is 5.16 Å². The fraction of sp³-hybridized carbons (Fsp3) is 0.500. The Morgan fingerprint density at radius 2 is 1.85 bits per heavy atom. The highest BCUT2D eigenvalue weighted by Crippen LogP contribution is 2.22. The lowest BCUT2D eigenvalue weighted by Gasteiger charge is -2.20. The Kier molecular flexibility index (Phi) is 6.74. The predicted molar refractivity (Wildman–Crippen MR) is 104 cm³/mol. The van der Waals surface area contributed by atoms with Crippen LogP contribution in [0.2, 0.25) is 0 Å². The van der Waals surface area contributed by atoms with Crippen molar-refractivity contribution in [2.24, 2.45) is 0 Å². The molecule has 1 saturated heterocycles. The number of aliphatic hydroxyl groups excluding tert-OH is 1. The summed E-state index contributed by atoms with van der Waals surface area (Å²) in [6, 6.07) is 8.35. The van der Waals surface area contributed by atoms with Gasteiger partial charge in [-0.3, -0.25) is 4.79 Å². The Morgan fingerprint density at radius 3 is 2.50 bits per heavy atom. The molecule has 140 valence electrons. The van der Waals surface area contributed by atoms with Crippen molar-refractivity contribution in [3.05, 3.63) is 47.3 Å². The number of amides is 1. The zero-order valence-corrected chi connectivity index (χ0v) is 16.2. The van der Waals surface area contributed by atoms with Gasteiger partial charge in [-0.15, -0.1) is 0 Å². The van der Waals surface area contributed by atoms with Gasteiger partial charge in [-0.1, -0.05) is 54.4 Å². The van der Waals surface area contributed by atoms with Gasteiger partial charge in [-0.05, 0) is 25.3 Å². The van der Waals surface area contributed by atoms with E-state index >= 15 is 0 Å². The molecule has 6 heteroatoms. The normalized spacial score (nSPS) is 15.1. The molecule has 0 atom stereocenters. The number of hydrogen-bond donors (Lipinski definition) is 1. The van der Waals surface area contributed by atoms with E-state index < -0.39 is 0 Å². The van der Waals surface area contributed by atoms with Crippen LogP contribution in [0.4, 0.5) is 0 Å². The minimum Gasteiger partial charge on any atom is -0.390 e. The van der Waals surface area contributed by atoms with Crippen LogP contribution in [0.5, 0.6) is 0 Å². The number of aromatic nitrogens is 2. The molecule has 0 unspecified atom stereocenters. The van der Waals surface area contributed by atoms with Gasteiger partial charge in [-0.25, -0.2) is 4.98 Å². The first-order valence-electron chi connectivity index (χ1n) is 9.29. The van der Waals surface area contributed by atoms with Crippen molar-refractivity contribution in [2.75, 3.05) is 18.8 Å². The number of aliphatic hydroxyl groups is 1. The molecular formula is C20H27N3O2S. The van der Waals surface area contributed by atoms with Crippen LogP contribution >= 0.6 is 11.8 Å². The molecule has 3 rings (SSSR count). The molecule has 0 spiro atoms. The molecule has 1 aromatic heterocycles. The summed E-state index contributed by atoms with van der Waals surface area (Å²) in [7, 11) is 0. The molecule has 0 radical (unpaired) electrons. The van der Waals surface area contributed by atoms with Crippen LogP contribution in [0.3, 0.4) is 0 Å². The molecule has 1 N–H and O–H groups in total. The maximum atomic E-state index is 12.5. The molecule has 0 saturated carbocycles. The van der Waals surface area contributed by atoms with E-state index in [0.717, 1.165) is 42.3 Å². The van der Waals surface area contributed by atoms with E-state index in [-0.39, 0.29) is 12.5 Å². The van der Waals surface area contributed by atoms with Gasteiger partial charge in [0, 0.05) is 19.6 Å². The number of imidazole rings is 1. The molecule has 1 fully saturated rings. The highest BCUT2D eigenvalue weighted by atomic mass is 32.2. The number of carbonyl (C=O) groups is 1. The minimum atomic E-state index is -0.0561. The molecule has 0 aliphatic carbocycles. The second-order valence-electron chi connectivity index (χ2n) is 6.85. The Bertz CT molecular complexity index is 719. The average Bonchev–Trinajstić information content (AvgIpc) is 2.84. The van der Waals surface area contributed by atoms with Crippen molar-refractivity contribution < 1.29 is 9.90 Å². The molecule has 1 aliphatic rings. The minimum absolute atomic E-state index is 0.0561. The van der Waals surface area contributed by atoms with Gasteiger partial charge in [-0.2, -0.15) is 0 Å². The Balaban J connectivity index is 1.66. The highest BCUT2D eigenvalue weighted by Gasteiger charge is 2.18. The standard InChI is InChI=1S/C20H27N3O2S/c1-16-6-8-17(9-7-16)13-23-18(14-24)12-21-20(23)26-15-19(25)22-10-4-2-3-5-11-22/h6-9,12,24H,2-5,10-11,13-15H2,1H3. The van der Waals surface area contributed by atoms with Gasteiger partial charge in [0.1, 0.15) is 0 Å². The monoisotopic (exact) mass is 373 g/mol. The fourth-order valence-electron chi connectivity index (χ4n) is 3.22. The zero-order chi connectivity index (χ0) is 18.4. The third-order valence-corrected chi connectivity index (χ3v) is 5.78. The van der Waals surface area contributed by atoms with E-state index in [1.165, 1.54) is 30.2 Å². The topological polar surface area (TPSA) is 58.4 Å². The lowest BCUT2D eigenvalue weighted by Crippen LogP contribution is -2.33. The van der Waals surface area contributed by atoms with Crippen LogP contribution in [0, 0.1) is 6.92 Å². The van der Waals surface area contributed by atoms with Gasteiger partial charge in [0.25, 0.3) is 0 Å². The molecular weight excluding hydrogens is 346 g/mol. The van der Waals surface area contributed by atoms with Crippen molar-refractivity contribution in [2.45, 2.75) is 50.9 Å². The van der Waals surface area contributed by atoms with Crippen LogP contribution in [0.15, 0.2) is 35.6 Å². The summed E-state index contributed by atoms with van der Waals surface area (Å²) in [6.45, 7) is 4.41. The van der Waals surface area contributed by atoms with Crippen LogP contribution in [0.25, 0.3) is 0 Å². The second kappa shape index (κ2) is 9.24. The number of nitrogens with zero attached hydrogens (tertiary/aromatic N) is 3. The van der Waals surface area contributed by atoms with E-state index in [1.807, 2.05) is 9.47 Å². The zero-order valence-electron chi connectivity index (χ0n) is 15.4. The molecule has 1 amide bonds. The highest BCUT2D eigenvalue weighted by molar-refractivity contribution is 7.99. The van der Waals surface area contributed by atoms with Crippen molar-refractivity contribution in [1.29, 1.82) is 0 Å². The van der Waals surface area contributed by atoms with Gasteiger partial charge < -0.3 is 14.6 Å². The lowest BCUT2D eigenvalue weighted by molar-refractivity contribution is -0.128. The molecule has 1 aromatic carbocycles. The number of likely N-dealkylation sites (tertiary alicyclic amines) is 1. The smallest absolute Gasteiger partial charge is 0.233 e. The van der Waals surface area contributed by atoms with E-state index in [0.29, 0.717) is 12.3 Å². The number of aryl methyl sites for hydroxylation is 1. The summed E-state index contributed by atoms with van der Waals surface area (Å²) in [5, 5.41) is 10.4. The van der Waals surface area contributed by atoms with Crippen molar-refractivity contribution in [3.8, 4) is 0 Å². The molecule has 5 nitrogen and oxygen atoms in total. The molecule has 2 aromatic rings. The molecule has 26 heavy (non-hydrogen) atoms. The second-order valence-corrected chi connectivity index (χ2v) is 7.79. The number of rotatable bonds is 6. The summed E-state index contributed by atoms with van der Waals surface area (Å²) in [4.78, 5) is 18.9. The van der Waals surface area contributed by atoms with E-state index in [4.69, 9.17) is 0 Å². The Morgan fingerprint density at radius 1 is 1.15 bits per heavy atom. The van der Waals surface area contributed by atoms with E-state index in [1.54, 1.807) is 6.20 Å². The average molecular weight is 374 g/mol. The van der Waals surface area contributed by atoms with Crippen LogP contribution in [0.1, 0.15) is 42.5 Å². The summed E-state index contributed by atoms with van der Waals surface area (Å²) in [5.41, 5.74) is 3.15. The Labute approximate surface area is 159 Å². The van der Waals surface area contributed by atoms with Gasteiger partial charge in [0.05, 0.1) is 24.3 Å². The van der Waals surface area contributed by atoms with Crippen molar-refractivity contribution in [1.82, 2.24) is 14.5 Å². The van der Waals surface area contributed by atoms with Crippen molar-refractivity contribution in [3.63, 3.8) is 0 Å². The maximum Gasteiger partial charge on any atom is 0.233 e. The SMILES string of the molecule is Cc1ccc(Cn2c(CO)cnc2SCC(=O)N2CCCCCC2)cc1. The quantitative estimate of drug-likeness (QED) is 0.790. The third-order valence-electron chi connectivity index (χ3n) is 4.81. The molecule has 0 bridgehead atoms. The summed E-state index contributed by atoms with van der Waals surface area (Å²) in [6.07, 6.45) is 6.35. The van der Waals surface area contributed by atoms with Crippen LogP contribution in [-0.4, -0.2) is 44.3 Å². The molecule has 1 aliphatic heterocycles. The van der Waals surface area contributed by atoms with Crippen molar-refractivity contribution >= 4 is 17.7 Å². The van der Waals surface area contributed by atoms with E-state index in [2.05, 4.69) is 36.2 Å².